The lowest BCUT2D eigenvalue weighted by atomic mass is 10.3. The molecule has 0 fully saturated rings. The number of carbonyl (C=O) groups is 2. The SMILES string of the molecule is CC(C)=CCn1c(N(C)CC(N)C(N)=O)nc2c1c(=O)n(C)c(=O)n2C.O=C(O)C(F)(F)F. The van der Waals surface area contributed by atoms with E-state index in [1.165, 1.54) is 11.6 Å². The van der Waals surface area contributed by atoms with Gasteiger partial charge in [-0.15, -0.1) is 0 Å². The molecule has 0 radical (unpaired) electrons. The number of amides is 1. The number of carboxylic acid groups (broad SMARTS) is 1. The number of alkyl halides is 3. The molecule has 12 nitrogen and oxygen atoms in total. The molecule has 184 valence electrons. The fraction of sp³-hybridized carbons (Fsp3) is 0.500. The summed E-state index contributed by atoms with van der Waals surface area (Å²) in [5, 5.41) is 7.12. The van der Waals surface area contributed by atoms with Gasteiger partial charge in [0.2, 0.25) is 11.9 Å². The van der Waals surface area contributed by atoms with Crippen LogP contribution in [0, 0.1) is 0 Å². The Morgan fingerprint density at radius 3 is 2.15 bits per heavy atom. The summed E-state index contributed by atoms with van der Waals surface area (Å²) in [6.45, 7) is 4.40. The number of aryl methyl sites for hydroxylation is 1. The van der Waals surface area contributed by atoms with Crippen LogP contribution in [0.15, 0.2) is 21.2 Å². The van der Waals surface area contributed by atoms with E-state index in [2.05, 4.69) is 4.98 Å². The van der Waals surface area contributed by atoms with Gasteiger partial charge in [0.25, 0.3) is 5.56 Å². The molecule has 0 saturated carbocycles. The average Bonchev–Trinajstić information content (AvgIpc) is 3.08. The van der Waals surface area contributed by atoms with Crippen LogP contribution in [0.5, 0.6) is 0 Å². The number of hydrogen-bond donors (Lipinski definition) is 3. The Bertz CT molecular complexity index is 1190. The molecular weight excluding hydrogens is 451 g/mol. The summed E-state index contributed by atoms with van der Waals surface area (Å²) in [5.41, 5.74) is 11.7. The number of nitrogens with zero attached hydrogens (tertiary/aromatic N) is 5. The van der Waals surface area contributed by atoms with Gasteiger partial charge in [0.15, 0.2) is 11.2 Å². The number of hydrogen-bond acceptors (Lipinski definition) is 7. The second-order valence-corrected chi connectivity index (χ2v) is 7.37. The maximum absolute atomic E-state index is 12.7. The van der Waals surface area contributed by atoms with Crippen molar-refractivity contribution in [2.45, 2.75) is 32.6 Å². The van der Waals surface area contributed by atoms with E-state index >= 15 is 0 Å². The number of primary amides is 1. The zero-order chi connectivity index (χ0) is 25.8. The van der Waals surface area contributed by atoms with Gasteiger partial charge in [-0.05, 0) is 13.8 Å². The zero-order valence-corrected chi connectivity index (χ0v) is 18.7. The first-order valence-corrected chi connectivity index (χ1v) is 9.36. The molecule has 1 amide bonds. The van der Waals surface area contributed by atoms with Crippen LogP contribution in [0.25, 0.3) is 11.2 Å². The van der Waals surface area contributed by atoms with Gasteiger partial charge in [-0.25, -0.2) is 9.59 Å². The number of rotatable bonds is 6. The van der Waals surface area contributed by atoms with Gasteiger partial charge in [0.1, 0.15) is 6.04 Å². The minimum atomic E-state index is -5.08. The topological polar surface area (TPSA) is 171 Å². The van der Waals surface area contributed by atoms with Crippen LogP contribution in [0.4, 0.5) is 19.1 Å². The molecular formula is C18H26F3N7O5. The van der Waals surface area contributed by atoms with Crippen LogP contribution in [-0.4, -0.2) is 61.5 Å². The predicted octanol–water partition coefficient (Wildman–Crippen LogP) is -0.718. The minimum absolute atomic E-state index is 0.127. The highest BCUT2D eigenvalue weighted by molar-refractivity contribution is 5.80. The summed E-state index contributed by atoms with van der Waals surface area (Å²) in [5.74, 6) is -2.97. The molecule has 0 aliphatic heterocycles. The third kappa shape index (κ3) is 6.44. The molecule has 2 rings (SSSR count). The van der Waals surface area contributed by atoms with Crippen molar-refractivity contribution in [3.8, 4) is 0 Å². The second-order valence-electron chi connectivity index (χ2n) is 7.37. The number of anilines is 1. The molecule has 0 saturated heterocycles. The molecule has 33 heavy (non-hydrogen) atoms. The number of halogens is 3. The maximum atomic E-state index is 12.7. The highest BCUT2D eigenvalue weighted by Crippen LogP contribution is 2.19. The molecule has 2 aromatic rings. The highest BCUT2D eigenvalue weighted by Gasteiger charge is 2.38. The second kappa shape index (κ2) is 10.3. The summed E-state index contributed by atoms with van der Waals surface area (Å²) >= 11 is 0. The predicted molar refractivity (Wildman–Crippen MR) is 114 cm³/mol. The molecule has 2 heterocycles. The number of likely N-dealkylation sites (N-methyl/N-ethyl adjacent to an activating group) is 1. The first kappa shape index (κ1) is 27.4. The van der Waals surface area contributed by atoms with Crippen molar-refractivity contribution >= 4 is 29.0 Å². The molecule has 5 N–H and O–H groups in total. The van der Waals surface area contributed by atoms with Crippen LogP contribution < -0.4 is 27.6 Å². The molecule has 0 spiro atoms. The fourth-order valence-electron chi connectivity index (χ4n) is 2.64. The summed E-state index contributed by atoms with van der Waals surface area (Å²) in [4.78, 5) is 51.2. The highest BCUT2D eigenvalue weighted by atomic mass is 19.4. The van der Waals surface area contributed by atoms with Crippen LogP contribution in [0.2, 0.25) is 0 Å². The lowest BCUT2D eigenvalue weighted by Gasteiger charge is -2.21. The number of nitrogens with two attached hydrogens (primary N) is 2. The standard InChI is InChI=1S/C16H25N7O3.C2HF3O2/c1-9(2)6-7-23-11-13(21(4)16(26)22(5)14(11)25)19-15(23)20(3)8-10(17)12(18)24;3-2(4,5)1(6)7/h6,10H,7-8,17H2,1-5H3,(H2,18,24);(H,6,7). The lowest BCUT2D eigenvalue weighted by Crippen LogP contribution is -2.45. The molecule has 0 aromatic carbocycles. The molecule has 2 aromatic heterocycles. The Morgan fingerprint density at radius 1 is 1.21 bits per heavy atom. The number of aromatic nitrogens is 4. The Morgan fingerprint density at radius 2 is 1.73 bits per heavy atom. The van der Waals surface area contributed by atoms with E-state index in [-0.39, 0.29) is 12.2 Å². The van der Waals surface area contributed by atoms with Crippen molar-refractivity contribution in [2.75, 3.05) is 18.5 Å². The number of carbonyl (C=O) groups excluding carboxylic acids is 1. The minimum Gasteiger partial charge on any atom is -0.475 e. The third-order valence-electron chi connectivity index (χ3n) is 4.43. The van der Waals surface area contributed by atoms with E-state index in [1.807, 2.05) is 19.9 Å². The number of aliphatic carboxylic acids is 1. The van der Waals surface area contributed by atoms with E-state index in [1.54, 1.807) is 23.6 Å². The van der Waals surface area contributed by atoms with Gasteiger partial charge in [0, 0.05) is 34.2 Å². The molecule has 0 aliphatic rings. The fourth-order valence-corrected chi connectivity index (χ4v) is 2.64. The molecule has 0 bridgehead atoms. The largest absolute Gasteiger partial charge is 0.490 e. The van der Waals surface area contributed by atoms with Crippen molar-refractivity contribution in [3.63, 3.8) is 0 Å². The summed E-state index contributed by atoms with van der Waals surface area (Å²) < 4.78 is 35.8. The first-order chi connectivity index (χ1) is 15.0. The molecule has 1 unspecified atom stereocenters. The quantitative estimate of drug-likeness (QED) is 0.458. The summed E-state index contributed by atoms with van der Waals surface area (Å²) in [6.07, 6.45) is -3.14. The van der Waals surface area contributed by atoms with Crippen LogP contribution in [-0.2, 0) is 30.2 Å². The number of allylic oxidation sites excluding steroid dienone is 2. The molecule has 1 atom stereocenters. The summed E-state index contributed by atoms with van der Waals surface area (Å²) in [7, 11) is 4.68. The molecule has 15 heteroatoms. The van der Waals surface area contributed by atoms with Crippen molar-refractivity contribution in [2.24, 2.45) is 25.6 Å². The van der Waals surface area contributed by atoms with Crippen molar-refractivity contribution in [1.82, 2.24) is 18.7 Å². The van der Waals surface area contributed by atoms with Crippen molar-refractivity contribution < 1.29 is 27.9 Å². The van der Waals surface area contributed by atoms with E-state index in [9.17, 15) is 27.6 Å². The molecule has 0 aliphatic carbocycles. The van der Waals surface area contributed by atoms with E-state index in [0.717, 1.165) is 10.1 Å². The Hall–Kier alpha value is -3.62. The van der Waals surface area contributed by atoms with Crippen LogP contribution in [0.3, 0.4) is 0 Å². The van der Waals surface area contributed by atoms with Crippen LogP contribution in [0.1, 0.15) is 13.8 Å². The number of fused-ring (bicyclic) bond motifs is 1. The van der Waals surface area contributed by atoms with Crippen molar-refractivity contribution in [1.29, 1.82) is 0 Å². The number of carboxylic acids is 1. The van der Waals surface area contributed by atoms with Gasteiger partial charge in [0.05, 0.1) is 0 Å². The number of imidazole rings is 1. The van der Waals surface area contributed by atoms with Gasteiger partial charge in [-0.3, -0.25) is 18.7 Å². The Labute approximate surface area is 185 Å². The third-order valence-corrected chi connectivity index (χ3v) is 4.43. The van der Waals surface area contributed by atoms with E-state index in [4.69, 9.17) is 21.4 Å². The van der Waals surface area contributed by atoms with E-state index in [0.29, 0.717) is 18.0 Å². The van der Waals surface area contributed by atoms with Crippen molar-refractivity contribution in [3.05, 3.63) is 32.5 Å². The smallest absolute Gasteiger partial charge is 0.475 e. The zero-order valence-electron chi connectivity index (χ0n) is 18.7. The van der Waals surface area contributed by atoms with E-state index < -0.39 is 35.3 Å². The lowest BCUT2D eigenvalue weighted by molar-refractivity contribution is -0.192. The van der Waals surface area contributed by atoms with Gasteiger partial charge >= 0.3 is 17.8 Å². The van der Waals surface area contributed by atoms with Gasteiger partial charge < -0.3 is 26.0 Å². The Balaban J connectivity index is 0.000000675. The van der Waals surface area contributed by atoms with Crippen LogP contribution >= 0.6 is 0 Å². The maximum Gasteiger partial charge on any atom is 0.490 e. The average molecular weight is 477 g/mol. The van der Waals surface area contributed by atoms with Gasteiger partial charge in [-0.1, -0.05) is 11.6 Å². The normalized spacial score (nSPS) is 12.0. The summed E-state index contributed by atoms with van der Waals surface area (Å²) in [6, 6.07) is -0.886. The van der Waals surface area contributed by atoms with Gasteiger partial charge in [-0.2, -0.15) is 18.2 Å². The Kier molecular flexibility index (Phi) is 8.58. The first-order valence-electron chi connectivity index (χ1n) is 9.36. The monoisotopic (exact) mass is 477 g/mol.